The second-order valence-corrected chi connectivity index (χ2v) is 5.87. The Kier molecular flexibility index (Phi) is 3.80. The fraction of sp³-hybridized carbons (Fsp3) is 0.400. The molecule has 3 rings (SSSR count). The van der Waals surface area contributed by atoms with Crippen LogP contribution in [0.15, 0.2) is 30.3 Å². The van der Waals surface area contributed by atoms with Crippen LogP contribution in [0, 0.1) is 0 Å². The Hall–Kier alpha value is -1.39. The lowest BCUT2D eigenvalue weighted by Crippen LogP contribution is -2.29. The third-order valence-corrected chi connectivity index (χ3v) is 4.75. The van der Waals surface area contributed by atoms with Gasteiger partial charge in [-0.15, -0.1) is 0 Å². The van der Waals surface area contributed by atoms with Crippen molar-refractivity contribution < 1.29 is 0 Å². The highest BCUT2D eigenvalue weighted by Crippen LogP contribution is 2.35. The van der Waals surface area contributed by atoms with Crippen LogP contribution < -0.4 is 10.6 Å². The molecule has 3 nitrogen and oxygen atoms in total. The second-order valence-electron chi connectivity index (χ2n) is 4.89. The van der Waals surface area contributed by atoms with Gasteiger partial charge in [0.1, 0.15) is 0 Å². The predicted molar refractivity (Wildman–Crippen MR) is 81.5 cm³/mol. The van der Waals surface area contributed by atoms with Crippen LogP contribution in [0.2, 0.25) is 0 Å². The van der Waals surface area contributed by atoms with Gasteiger partial charge in [-0.05, 0) is 24.8 Å². The normalized spacial score (nSPS) is 15.7. The quantitative estimate of drug-likeness (QED) is 0.933. The summed E-state index contributed by atoms with van der Waals surface area (Å²) in [4.78, 5) is 8.38. The van der Waals surface area contributed by atoms with E-state index in [1.54, 1.807) is 11.3 Å². The van der Waals surface area contributed by atoms with Crippen molar-refractivity contribution in [3.8, 4) is 10.4 Å². The van der Waals surface area contributed by atoms with E-state index in [0.29, 0.717) is 6.54 Å². The van der Waals surface area contributed by atoms with E-state index in [4.69, 9.17) is 10.7 Å². The number of hydrogen-bond acceptors (Lipinski definition) is 4. The Morgan fingerprint density at radius 3 is 2.53 bits per heavy atom. The second kappa shape index (κ2) is 5.72. The smallest absolute Gasteiger partial charge is 0.186 e. The van der Waals surface area contributed by atoms with Crippen LogP contribution in [0.1, 0.15) is 25.0 Å². The van der Waals surface area contributed by atoms with E-state index < -0.39 is 0 Å². The maximum atomic E-state index is 5.86. The number of anilines is 1. The third kappa shape index (κ3) is 2.65. The Morgan fingerprint density at radius 2 is 1.84 bits per heavy atom. The summed E-state index contributed by atoms with van der Waals surface area (Å²) in [5, 5.41) is 1.14. The van der Waals surface area contributed by atoms with E-state index in [-0.39, 0.29) is 0 Å². The molecule has 0 amide bonds. The topological polar surface area (TPSA) is 42.1 Å². The minimum absolute atomic E-state index is 0.508. The molecule has 0 aliphatic carbocycles. The Labute approximate surface area is 118 Å². The zero-order valence-electron chi connectivity index (χ0n) is 11.0. The maximum absolute atomic E-state index is 5.86. The summed E-state index contributed by atoms with van der Waals surface area (Å²) < 4.78 is 0. The number of hydrogen-bond donors (Lipinski definition) is 1. The number of nitrogens with two attached hydrogens (primary N) is 1. The van der Waals surface area contributed by atoms with Crippen LogP contribution in [0.4, 0.5) is 5.13 Å². The van der Waals surface area contributed by atoms with Crippen LogP contribution in [0.25, 0.3) is 10.4 Å². The number of piperidine rings is 1. The van der Waals surface area contributed by atoms with Crippen LogP contribution in [0.3, 0.4) is 0 Å². The summed E-state index contributed by atoms with van der Waals surface area (Å²) in [7, 11) is 0. The van der Waals surface area contributed by atoms with E-state index in [0.717, 1.165) is 23.9 Å². The molecule has 2 heterocycles. The lowest BCUT2D eigenvalue weighted by atomic mass is 10.1. The number of benzene rings is 1. The lowest BCUT2D eigenvalue weighted by Gasteiger charge is -2.25. The molecule has 2 aromatic rings. The third-order valence-electron chi connectivity index (χ3n) is 3.54. The lowest BCUT2D eigenvalue weighted by molar-refractivity contribution is 0.576. The zero-order chi connectivity index (χ0) is 13.1. The standard InChI is InChI=1S/C15H19N3S/c16-11-13-14(12-7-3-1-4-8-12)19-15(17-13)18-9-5-2-6-10-18/h1,3-4,7-8H,2,5-6,9-11,16H2. The van der Waals surface area contributed by atoms with Gasteiger partial charge in [0.2, 0.25) is 0 Å². The highest BCUT2D eigenvalue weighted by atomic mass is 32.1. The zero-order valence-corrected chi connectivity index (χ0v) is 11.8. The molecular weight excluding hydrogens is 254 g/mol. The monoisotopic (exact) mass is 273 g/mol. The van der Waals surface area contributed by atoms with E-state index >= 15 is 0 Å². The first-order chi connectivity index (χ1) is 9.38. The first-order valence-corrected chi connectivity index (χ1v) is 7.70. The van der Waals surface area contributed by atoms with Crippen molar-refractivity contribution >= 4 is 16.5 Å². The summed E-state index contributed by atoms with van der Waals surface area (Å²) in [6.07, 6.45) is 3.90. The fourth-order valence-corrected chi connectivity index (χ4v) is 3.66. The molecule has 0 radical (unpaired) electrons. The highest BCUT2D eigenvalue weighted by molar-refractivity contribution is 7.19. The minimum Gasteiger partial charge on any atom is -0.348 e. The largest absolute Gasteiger partial charge is 0.348 e. The minimum atomic E-state index is 0.508. The van der Waals surface area contributed by atoms with E-state index in [1.807, 2.05) is 6.07 Å². The molecule has 1 saturated heterocycles. The van der Waals surface area contributed by atoms with Crippen molar-refractivity contribution in [1.29, 1.82) is 0 Å². The maximum Gasteiger partial charge on any atom is 0.186 e. The molecule has 0 spiro atoms. The molecule has 1 aliphatic heterocycles. The Balaban J connectivity index is 1.94. The number of rotatable bonds is 3. The van der Waals surface area contributed by atoms with Crippen molar-refractivity contribution in [1.82, 2.24) is 4.98 Å². The van der Waals surface area contributed by atoms with E-state index in [1.165, 1.54) is 29.7 Å². The number of nitrogens with zero attached hydrogens (tertiary/aromatic N) is 2. The first kappa shape index (κ1) is 12.6. The van der Waals surface area contributed by atoms with Crippen molar-refractivity contribution in [3.05, 3.63) is 36.0 Å². The molecule has 2 N–H and O–H groups in total. The molecule has 0 saturated carbocycles. The summed E-state index contributed by atoms with van der Waals surface area (Å²) in [5.41, 5.74) is 8.11. The Bertz CT molecular complexity index is 530. The fourth-order valence-electron chi connectivity index (χ4n) is 2.51. The molecule has 0 bridgehead atoms. The molecule has 1 fully saturated rings. The molecule has 1 aliphatic rings. The summed E-state index contributed by atoms with van der Waals surface area (Å²) in [6.45, 7) is 2.77. The summed E-state index contributed by atoms with van der Waals surface area (Å²) in [5.74, 6) is 0. The van der Waals surface area contributed by atoms with Crippen LogP contribution >= 0.6 is 11.3 Å². The van der Waals surface area contributed by atoms with Gasteiger partial charge in [0.15, 0.2) is 5.13 Å². The first-order valence-electron chi connectivity index (χ1n) is 6.88. The van der Waals surface area contributed by atoms with Gasteiger partial charge in [0.05, 0.1) is 10.6 Å². The van der Waals surface area contributed by atoms with Crippen molar-refractivity contribution in [2.75, 3.05) is 18.0 Å². The SMILES string of the molecule is NCc1nc(N2CCCCC2)sc1-c1ccccc1. The number of thiazole rings is 1. The molecule has 1 aromatic carbocycles. The molecule has 0 unspecified atom stereocenters. The van der Waals surface area contributed by atoms with Crippen molar-refractivity contribution in [2.24, 2.45) is 5.73 Å². The van der Waals surface area contributed by atoms with Gasteiger partial charge in [-0.25, -0.2) is 4.98 Å². The van der Waals surface area contributed by atoms with Gasteiger partial charge in [-0.3, -0.25) is 0 Å². The van der Waals surface area contributed by atoms with Gasteiger partial charge < -0.3 is 10.6 Å². The molecule has 100 valence electrons. The van der Waals surface area contributed by atoms with Gasteiger partial charge in [-0.1, -0.05) is 41.7 Å². The molecule has 0 atom stereocenters. The Morgan fingerprint density at radius 1 is 1.11 bits per heavy atom. The van der Waals surface area contributed by atoms with Gasteiger partial charge in [0, 0.05) is 19.6 Å². The van der Waals surface area contributed by atoms with Gasteiger partial charge in [-0.2, -0.15) is 0 Å². The predicted octanol–water partition coefficient (Wildman–Crippen LogP) is 3.26. The van der Waals surface area contributed by atoms with Gasteiger partial charge in [0.25, 0.3) is 0 Å². The summed E-state index contributed by atoms with van der Waals surface area (Å²) >= 11 is 1.78. The average Bonchev–Trinajstić information content (AvgIpc) is 2.93. The highest BCUT2D eigenvalue weighted by Gasteiger charge is 2.18. The van der Waals surface area contributed by atoms with Gasteiger partial charge >= 0.3 is 0 Å². The summed E-state index contributed by atoms with van der Waals surface area (Å²) in [6, 6.07) is 10.4. The van der Waals surface area contributed by atoms with E-state index in [9.17, 15) is 0 Å². The van der Waals surface area contributed by atoms with Crippen LogP contribution in [0.5, 0.6) is 0 Å². The number of aromatic nitrogens is 1. The van der Waals surface area contributed by atoms with Crippen molar-refractivity contribution in [3.63, 3.8) is 0 Å². The average molecular weight is 273 g/mol. The van der Waals surface area contributed by atoms with Crippen LogP contribution in [-0.4, -0.2) is 18.1 Å². The van der Waals surface area contributed by atoms with Crippen LogP contribution in [-0.2, 0) is 6.54 Å². The molecule has 1 aromatic heterocycles. The molecular formula is C15H19N3S. The van der Waals surface area contributed by atoms with E-state index in [2.05, 4.69) is 29.2 Å². The van der Waals surface area contributed by atoms with Crippen molar-refractivity contribution in [2.45, 2.75) is 25.8 Å². The molecule has 19 heavy (non-hydrogen) atoms. The molecule has 4 heteroatoms.